The monoisotopic (exact) mass is 349 g/mol. The maximum Gasteiger partial charge on any atom is 0.417 e. The van der Waals surface area contributed by atoms with E-state index in [9.17, 15) is 14.4 Å². The smallest absolute Gasteiger partial charge is 0.408 e. The van der Waals surface area contributed by atoms with Gasteiger partial charge in [-0.1, -0.05) is 24.8 Å². The summed E-state index contributed by atoms with van der Waals surface area (Å²) in [6.45, 7) is 5.60. The van der Waals surface area contributed by atoms with Crippen molar-refractivity contribution >= 4 is 34.3 Å². The van der Waals surface area contributed by atoms with E-state index in [2.05, 4.69) is 16.9 Å². The Labute approximate surface area is 147 Å². The second kappa shape index (κ2) is 5.73. The second-order valence-corrected chi connectivity index (χ2v) is 6.06. The SMILES string of the molecule is C=C1c2ccccc2C(=O)N1C(C)C(=O)Nc1ccc2oc(=O)[nH]c2c1. The summed E-state index contributed by atoms with van der Waals surface area (Å²) in [5, 5.41) is 2.75. The molecule has 2 heterocycles. The van der Waals surface area contributed by atoms with E-state index >= 15 is 0 Å². The molecule has 0 bridgehead atoms. The molecule has 1 atom stereocenters. The molecule has 130 valence electrons. The van der Waals surface area contributed by atoms with Gasteiger partial charge in [0.1, 0.15) is 6.04 Å². The molecule has 26 heavy (non-hydrogen) atoms. The first-order chi connectivity index (χ1) is 12.5. The number of rotatable bonds is 3. The number of carbonyl (C=O) groups is 2. The van der Waals surface area contributed by atoms with E-state index < -0.39 is 11.8 Å². The number of oxazole rings is 1. The maximum absolute atomic E-state index is 12.6. The first-order valence-electron chi connectivity index (χ1n) is 8.01. The Morgan fingerprint density at radius 3 is 2.65 bits per heavy atom. The van der Waals surface area contributed by atoms with Crippen molar-refractivity contribution in [1.29, 1.82) is 0 Å². The minimum absolute atomic E-state index is 0.247. The van der Waals surface area contributed by atoms with Gasteiger partial charge in [-0.25, -0.2) is 4.79 Å². The van der Waals surface area contributed by atoms with Gasteiger partial charge in [-0.15, -0.1) is 0 Å². The number of hydrogen-bond acceptors (Lipinski definition) is 4. The number of hydrogen-bond donors (Lipinski definition) is 2. The summed E-state index contributed by atoms with van der Waals surface area (Å²) < 4.78 is 4.93. The zero-order chi connectivity index (χ0) is 18.4. The molecule has 2 amide bonds. The zero-order valence-corrected chi connectivity index (χ0v) is 13.9. The van der Waals surface area contributed by atoms with Crippen LogP contribution < -0.4 is 11.1 Å². The zero-order valence-electron chi connectivity index (χ0n) is 13.9. The minimum Gasteiger partial charge on any atom is -0.408 e. The topological polar surface area (TPSA) is 95.4 Å². The molecule has 1 aliphatic heterocycles. The lowest BCUT2D eigenvalue weighted by Crippen LogP contribution is -2.41. The van der Waals surface area contributed by atoms with Crippen LogP contribution in [0.2, 0.25) is 0 Å². The van der Waals surface area contributed by atoms with Crippen LogP contribution in [0.3, 0.4) is 0 Å². The number of amides is 2. The number of aromatic nitrogens is 1. The van der Waals surface area contributed by atoms with Gasteiger partial charge in [0.25, 0.3) is 5.91 Å². The molecular formula is C19H15N3O4. The average molecular weight is 349 g/mol. The third-order valence-corrected chi connectivity index (χ3v) is 4.43. The van der Waals surface area contributed by atoms with Crippen molar-refractivity contribution in [2.75, 3.05) is 5.32 Å². The molecule has 7 heteroatoms. The van der Waals surface area contributed by atoms with Crippen LogP contribution in [0.4, 0.5) is 5.69 Å². The van der Waals surface area contributed by atoms with Crippen molar-refractivity contribution in [1.82, 2.24) is 9.88 Å². The normalized spacial score (nSPS) is 14.6. The standard InChI is InChI=1S/C19H15N3O4/c1-10-13-5-3-4-6-14(13)18(24)22(10)11(2)17(23)20-12-7-8-16-15(9-12)21-19(25)26-16/h3-9,11H,1H2,2H3,(H,20,23)(H,21,25). The quantitative estimate of drug-likeness (QED) is 0.760. The molecular weight excluding hydrogens is 334 g/mol. The molecule has 0 saturated heterocycles. The Balaban J connectivity index is 1.57. The van der Waals surface area contributed by atoms with Crippen LogP contribution in [0.1, 0.15) is 22.8 Å². The van der Waals surface area contributed by atoms with E-state index in [1.807, 2.05) is 12.1 Å². The second-order valence-electron chi connectivity index (χ2n) is 6.06. The first-order valence-corrected chi connectivity index (χ1v) is 8.01. The highest BCUT2D eigenvalue weighted by atomic mass is 16.4. The highest BCUT2D eigenvalue weighted by molar-refractivity contribution is 6.12. The van der Waals surface area contributed by atoms with Gasteiger partial charge < -0.3 is 9.73 Å². The van der Waals surface area contributed by atoms with Crippen LogP contribution in [-0.4, -0.2) is 27.7 Å². The molecule has 2 aromatic carbocycles. The largest absolute Gasteiger partial charge is 0.417 e. The van der Waals surface area contributed by atoms with Crippen LogP contribution >= 0.6 is 0 Å². The molecule has 0 aliphatic carbocycles. The van der Waals surface area contributed by atoms with E-state index in [0.717, 1.165) is 5.56 Å². The van der Waals surface area contributed by atoms with Crippen LogP contribution in [0, 0.1) is 0 Å². The molecule has 2 N–H and O–H groups in total. The Bertz CT molecular complexity index is 1090. The number of benzene rings is 2. The summed E-state index contributed by atoms with van der Waals surface area (Å²) in [5.41, 5.74) is 3.14. The summed E-state index contributed by atoms with van der Waals surface area (Å²) in [6, 6.07) is 11.2. The molecule has 0 spiro atoms. The third kappa shape index (κ3) is 2.41. The Kier molecular flexibility index (Phi) is 3.50. The van der Waals surface area contributed by atoms with Crippen molar-refractivity contribution in [3.05, 3.63) is 70.7 Å². The summed E-state index contributed by atoms with van der Waals surface area (Å²) in [4.78, 5) is 40.4. The number of nitrogens with one attached hydrogen (secondary N) is 2. The summed E-state index contributed by atoms with van der Waals surface area (Å²) in [5.74, 6) is -1.17. The van der Waals surface area contributed by atoms with E-state index in [4.69, 9.17) is 4.42 Å². The highest BCUT2D eigenvalue weighted by Crippen LogP contribution is 2.33. The number of H-pyrrole nitrogens is 1. The average Bonchev–Trinajstić information content (AvgIpc) is 3.11. The van der Waals surface area contributed by atoms with Crippen LogP contribution in [0.25, 0.3) is 16.8 Å². The van der Waals surface area contributed by atoms with Gasteiger partial charge in [-0.05, 0) is 31.2 Å². The molecule has 4 rings (SSSR count). The van der Waals surface area contributed by atoms with Crippen LogP contribution in [0.5, 0.6) is 0 Å². The third-order valence-electron chi connectivity index (χ3n) is 4.43. The molecule has 1 aliphatic rings. The molecule has 0 fully saturated rings. The molecule has 0 saturated carbocycles. The van der Waals surface area contributed by atoms with Gasteiger partial charge >= 0.3 is 5.76 Å². The molecule has 1 aromatic heterocycles. The fourth-order valence-corrected chi connectivity index (χ4v) is 3.11. The summed E-state index contributed by atoms with van der Waals surface area (Å²) >= 11 is 0. The van der Waals surface area contributed by atoms with Crippen molar-refractivity contribution in [2.24, 2.45) is 0 Å². The van der Waals surface area contributed by atoms with Crippen LogP contribution in [-0.2, 0) is 4.79 Å². The predicted octanol–water partition coefficient (Wildman–Crippen LogP) is 2.57. The number of aromatic amines is 1. The van der Waals surface area contributed by atoms with Crippen molar-refractivity contribution < 1.29 is 14.0 Å². The number of anilines is 1. The van der Waals surface area contributed by atoms with Gasteiger partial charge in [0.15, 0.2) is 5.58 Å². The van der Waals surface area contributed by atoms with E-state index in [1.165, 1.54) is 4.90 Å². The number of fused-ring (bicyclic) bond motifs is 2. The van der Waals surface area contributed by atoms with Gasteiger partial charge in [-0.3, -0.25) is 19.5 Å². The fourth-order valence-electron chi connectivity index (χ4n) is 3.11. The molecule has 0 radical (unpaired) electrons. The lowest BCUT2D eigenvalue weighted by molar-refractivity contribution is -0.119. The van der Waals surface area contributed by atoms with Gasteiger partial charge in [0.2, 0.25) is 5.91 Å². The van der Waals surface area contributed by atoms with E-state index in [1.54, 1.807) is 37.3 Å². The number of carbonyl (C=O) groups excluding carboxylic acids is 2. The van der Waals surface area contributed by atoms with Crippen molar-refractivity contribution in [3.63, 3.8) is 0 Å². The predicted molar refractivity (Wildman–Crippen MR) is 96.6 cm³/mol. The van der Waals surface area contributed by atoms with Gasteiger partial charge in [0.05, 0.1) is 5.52 Å². The van der Waals surface area contributed by atoms with Gasteiger partial charge in [0, 0.05) is 22.5 Å². The Morgan fingerprint density at radius 2 is 1.92 bits per heavy atom. The lowest BCUT2D eigenvalue weighted by atomic mass is 10.1. The highest BCUT2D eigenvalue weighted by Gasteiger charge is 2.36. The molecule has 3 aromatic rings. The fraction of sp³-hybridized carbons (Fsp3) is 0.105. The van der Waals surface area contributed by atoms with Crippen molar-refractivity contribution in [2.45, 2.75) is 13.0 Å². The molecule has 7 nitrogen and oxygen atoms in total. The Morgan fingerprint density at radius 1 is 1.19 bits per heavy atom. The van der Waals surface area contributed by atoms with Gasteiger partial charge in [-0.2, -0.15) is 0 Å². The van der Waals surface area contributed by atoms with E-state index in [-0.39, 0.29) is 11.8 Å². The lowest BCUT2D eigenvalue weighted by Gasteiger charge is -2.24. The van der Waals surface area contributed by atoms with E-state index in [0.29, 0.717) is 28.0 Å². The number of nitrogens with zero attached hydrogens (tertiary/aromatic N) is 1. The molecule has 1 unspecified atom stereocenters. The summed E-state index contributed by atoms with van der Waals surface area (Å²) in [6.07, 6.45) is 0. The van der Waals surface area contributed by atoms with Crippen molar-refractivity contribution in [3.8, 4) is 0 Å². The minimum atomic E-state index is -0.749. The van der Waals surface area contributed by atoms with Crippen LogP contribution in [0.15, 0.2) is 58.3 Å². The maximum atomic E-state index is 12.6. The Hall–Kier alpha value is -3.61. The summed E-state index contributed by atoms with van der Waals surface area (Å²) in [7, 11) is 0. The first kappa shape index (κ1) is 15.9.